The molecule has 0 bridgehead atoms. The molecule has 6 rings (SSSR count). The number of halogens is 2. The van der Waals surface area contributed by atoms with Gasteiger partial charge in [0.25, 0.3) is 0 Å². The zero-order valence-corrected chi connectivity index (χ0v) is 19.2. The molecule has 0 amide bonds. The molecule has 0 saturated carbocycles. The largest absolute Gasteiger partial charge is 0.0610 e. The third-order valence-electron chi connectivity index (χ3n) is 5.92. The summed E-state index contributed by atoms with van der Waals surface area (Å²) in [6, 6.07) is 35.2. The van der Waals surface area contributed by atoms with E-state index in [1.807, 2.05) is 0 Å². The van der Waals surface area contributed by atoms with E-state index in [0.717, 1.165) is 8.95 Å². The number of hydrogen-bond donors (Lipinski definition) is 0. The van der Waals surface area contributed by atoms with Gasteiger partial charge in [-0.05, 0) is 84.9 Å². The molecule has 0 atom stereocenters. The molecule has 0 radical (unpaired) electrons. The van der Waals surface area contributed by atoms with Crippen molar-refractivity contribution in [3.8, 4) is 22.3 Å². The molecule has 0 aliphatic rings. The first-order valence-electron chi connectivity index (χ1n) is 9.91. The van der Waals surface area contributed by atoms with Crippen molar-refractivity contribution in [1.82, 2.24) is 0 Å². The van der Waals surface area contributed by atoms with E-state index in [1.54, 1.807) is 0 Å². The molecule has 0 heterocycles. The molecule has 6 aromatic rings. The molecule has 0 unspecified atom stereocenters. The predicted molar refractivity (Wildman–Crippen MR) is 136 cm³/mol. The van der Waals surface area contributed by atoms with Gasteiger partial charge in [-0.3, -0.25) is 0 Å². The maximum Gasteiger partial charge on any atom is 0.0187 e. The number of benzene rings is 6. The summed E-state index contributed by atoms with van der Waals surface area (Å²) in [6.45, 7) is 0. The molecule has 142 valence electrons. The Morgan fingerprint density at radius 3 is 1.83 bits per heavy atom. The van der Waals surface area contributed by atoms with Gasteiger partial charge in [-0.1, -0.05) is 98.6 Å². The van der Waals surface area contributed by atoms with E-state index in [0.29, 0.717) is 0 Å². The van der Waals surface area contributed by atoms with Crippen LogP contribution in [-0.4, -0.2) is 0 Å². The number of hydrogen-bond acceptors (Lipinski definition) is 0. The van der Waals surface area contributed by atoms with Crippen molar-refractivity contribution >= 4 is 64.2 Å². The van der Waals surface area contributed by atoms with Crippen LogP contribution in [-0.2, 0) is 0 Å². The van der Waals surface area contributed by atoms with E-state index in [2.05, 4.69) is 129 Å². The minimum absolute atomic E-state index is 1.09. The Kier molecular flexibility index (Phi) is 4.19. The van der Waals surface area contributed by atoms with Crippen LogP contribution in [0.3, 0.4) is 0 Å². The van der Waals surface area contributed by atoms with Crippen molar-refractivity contribution < 1.29 is 0 Å². The lowest BCUT2D eigenvalue weighted by atomic mass is 9.89. The molecule has 6 aromatic carbocycles. The predicted octanol–water partition coefficient (Wildman–Crippen LogP) is 9.44. The van der Waals surface area contributed by atoms with Crippen molar-refractivity contribution in [3.63, 3.8) is 0 Å². The lowest BCUT2D eigenvalue weighted by Gasteiger charge is -2.15. The minimum Gasteiger partial charge on any atom is -0.0610 e. The number of rotatable bonds is 2. The SMILES string of the molecule is Brc1ccc(-c2cc(Br)cc(-c3ccc4ccc5cccc6ccc3c4c56)c2)cc1. The smallest absolute Gasteiger partial charge is 0.0187 e. The Balaban J connectivity index is 1.64. The van der Waals surface area contributed by atoms with Crippen LogP contribution >= 0.6 is 31.9 Å². The van der Waals surface area contributed by atoms with Gasteiger partial charge in [-0.25, -0.2) is 0 Å². The van der Waals surface area contributed by atoms with Crippen molar-refractivity contribution in [2.45, 2.75) is 0 Å². The fourth-order valence-corrected chi connectivity index (χ4v) is 5.30. The Morgan fingerprint density at radius 2 is 1.07 bits per heavy atom. The topological polar surface area (TPSA) is 0 Å². The minimum atomic E-state index is 1.09. The maximum absolute atomic E-state index is 3.74. The molecular weight excluding hydrogens is 496 g/mol. The second-order valence-electron chi connectivity index (χ2n) is 7.70. The van der Waals surface area contributed by atoms with Crippen LogP contribution in [0.25, 0.3) is 54.6 Å². The van der Waals surface area contributed by atoms with E-state index >= 15 is 0 Å². The van der Waals surface area contributed by atoms with Crippen LogP contribution < -0.4 is 0 Å². The third-order valence-corrected chi connectivity index (χ3v) is 6.90. The Hall–Kier alpha value is -2.68. The van der Waals surface area contributed by atoms with Crippen LogP contribution in [0.15, 0.2) is 106 Å². The molecule has 2 heteroatoms. The summed E-state index contributed by atoms with van der Waals surface area (Å²) in [5.41, 5.74) is 4.90. The van der Waals surface area contributed by atoms with Gasteiger partial charge < -0.3 is 0 Å². The van der Waals surface area contributed by atoms with Gasteiger partial charge in [0.05, 0.1) is 0 Å². The highest BCUT2D eigenvalue weighted by Crippen LogP contribution is 2.40. The zero-order valence-electron chi connectivity index (χ0n) is 16.0. The quantitative estimate of drug-likeness (QED) is 0.203. The Labute approximate surface area is 191 Å². The molecule has 0 aliphatic heterocycles. The summed E-state index contributed by atoms with van der Waals surface area (Å²) in [5, 5.41) is 7.91. The lowest BCUT2D eigenvalue weighted by Crippen LogP contribution is -1.88. The van der Waals surface area contributed by atoms with E-state index in [4.69, 9.17) is 0 Å². The first kappa shape index (κ1) is 18.1. The summed E-state index contributed by atoms with van der Waals surface area (Å²) in [5.74, 6) is 0. The molecule has 0 aliphatic carbocycles. The summed E-state index contributed by atoms with van der Waals surface area (Å²) in [4.78, 5) is 0. The Morgan fingerprint density at radius 1 is 0.433 bits per heavy atom. The molecule has 30 heavy (non-hydrogen) atoms. The van der Waals surface area contributed by atoms with Crippen molar-refractivity contribution in [2.75, 3.05) is 0 Å². The lowest BCUT2D eigenvalue weighted by molar-refractivity contribution is 1.57. The van der Waals surface area contributed by atoms with Gasteiger partial charge in [0.2, 0.25) is 0 Å². The highest BCUT2D eigenvalue weighted by atomic mass is 79.9. The van der Waals surface area contributed by atoms with Gasteiger partial charge >= 0.3 is 0 Å². The maximum atomic E-state index is 3.74. The van der Waals surface area contributed by atoms with E-state index in [1.165, 1.54) is 54.6 Å². The standard InChI is InChI=1S/C28H16Br2/c29-23-10-6-17(7-11-23)21-14-22(16-24(30)15-21)25-12-8-20-5-4-18-2-1-3-19-9-13-26(25)28(20)27(18)19/h1-16H. The molecular formula is C28H16Br2. The fourth-order valence-electron chi connectivity index (χ4n) is 4.54. The summed E-state index contributed by atoms with van der Waals surface area (Å²) in [7, 11) is 0. The van der Waals surface area contributed by atoms with E-state index in [-0.39, 0.29) is 0 Å². The van der Waals surface area contributed by atoms with Crippen LogP contribution in [0.4, 0.5) is 0 Å². The average molecular weight is 512 g/mol. The summed E-state index contributed by atoms with van der Waals surface area (Å²) in [6.07, 6.45) is 0. The third kappa shape index (κ3) is 2.86. The van der Waals surface area contributed by atoms with Crippen molar-refractivity contribution in [1.29, 1.82) is 0 Å². The summed E-state index contributed by atoms with van der Waals surface area (Å²) < 4.78 is 2.18. The molecule has 0 N–H and O–H groups in total. The Bertz CT molecular complexity index is 1530. The molecule has 0 aromatic heterocycles. The van der Waals surface area contributed by atoms with Crippen LogP contribution in [0, 0.1) is 0 Å². The van der Waals surface area contributed by atoms with Gasteiger partial charge in [0, 0.05) is 8.95 Å². The molecule has 0 spiro atoms. The van der Waals surface area contributed by atoms with Gasteiger partial charge in [-0.2, -0.15) is 0 Å². The van der Waals surface area contributed by atoms with Gasteiger partial charge in [0.15, 0.2) is 0 Å². The molecule has 0 fully saturated rings. The monoisotopic (exact) mass is 510 g/mol. The normalized spacial score (nSPS) is 11.7. The van der Waals surface area contributed by atoms with E-state index < -0.39 is 0 Å². The summed E-state index contributed by atoms with van der Waals surface area (Å²) >= 11 is 7.28. The highest BCUT2D eigenvalue weighted by molar-refractivity contribution is 9.10. The van der Waals surface area contributed by atoms with Crippen molar-refractivity contribution in [3.05, 3.63) is 106 Å². The zero-order chi connectivity index (χ0) is 20.2. The average Bonchev–Trinajstić information content (AvgIpc) is 2.77. The van der Waals surface area contributed by atoms with Crippen molar-refractivity contribution in [2.24, 2.45) is 0 Å². The highest BCUT2D eigenvalue weighted by Gasteiger charge is 2.13. The van der Waals surface area contributed by atoms with Crippen LogP contribution in [0.1, 0.15) is 0 Å². The van der Waals surface area contributed by atoms with Crippen LogP contribution in [0.2, 0.25) is 0 Å². The first-order valence-corrected chi connectivity index (χ1v) is 11.5. The molecule has 0 nitrogen and oxygen atoms in total. The first-order chi connectivity index (χ1) is 14.7. The van der Waals surface area contributed by atoms with Gasteiger partial charge in [-0.15, -0.1) is 0 Å². The second-order valence-corrected chi connectivity index (χ2v) is 9.54. The second kappa shape index (κ2) is 6.94. The fraction of sp³-hybridized carbons (Fsp3) is 0. The van der Waals surface area contributed by atoms with Crippen LogP contribution in [0.5, 0.6) is 0 Å². The van der Waals surface area contributed by atoms with Gasteiger partial charge in [0.1, 0.15) is 0 Å². The molecule has 0 saturated heterocycles. The van der Waals surface area contributed by atoms with E-state index in [9.17, 15) is 0 Å².